The van der Waals surface area contributed by atoms with Crippen molar-refractivity contribution in [1.82, 2.24) is 0 Å². The van der Waals surface area contributed by atoms with E-state index in [0.717, 1.165) is 12.8 Å². The number of aryl methyl sites for hydroxylation is 4. The third-order valence-corrected chi connectivity index (χ3v) is 38.3. The van der Waals surface area contributed by atoms with Crippen LogP contribution >= 0.6 is 17.0 Å². The molecule has 2 atom stereocenters. The Kier molecular flexibility index (Phi) is 12.3. The first kappa shape index (κ1) is 47.3. The zero-order chi connectivity index (χ0) is 48.7. The Bertz CT molecular complexity index is 3230. The second kappa shape index (κ2) is 18.2. The second-order valence-electron chi connectivity index (χ2n) is 21.8. The van der Waals surface area contributed by atoms with Gasteiger partial charge in [-0.25, -0.2) is 0 Å². The fraction of sp³-hybridized carbons (Fsp3) is 0.212. The van der Waals surface area contributed by atoms with Crippen LogP contribution in [0.4, 0.5) is 0 Å². The van der Waals surface area contributed by atoms with Gasteiger partial charge in [-0.3, -0.25) is 0 Å². The standard InChI is InChI=1S/2C27H27.C12H9Si.2ClH.Zr/c2*1-18(2)12-21-16-23-10-11-25(22-8-6-5-7-9-22)27(26(23)17-21)24-14-19(3)13-20(4)15-24;1-3-7-11-9(5-1)10-6-2-4-8-12(10)13-11;;;/h2*5-11,13-18H,12H2,1-4H3;1-7H,13H2;2*1H;/q;;;;;+2/p-2. The molecule has 0 fully saturated rings. The molecule has 0 bridgehead atoms. The number of rotatable bonds is 11. The van der Waals surface area contributed by atoms with Crippen molar-refractivity contribution in [2.45, 2.75) is 75.5 Å². The maximum atomic E-state index is 9.70. The summed E-state index contributed by atoms with van der Waals surface area (Å²) in [6.45, 7) is 18.4. The van der Waals surface area contributed by atoms with Gasteiger partial charge in [-0.1, -0.05) is 0 Å². The average molecular weight is 1050 g/mol. The molecule has 0 saturated carbocycles. The molecule has 349 valence electrons. The molecule has 2 aliphatic carbocycles. The number of hydrogen-bond acceptors (Lipinski definition) is 0. The molecule has 1 heterocycles. The molecule has 8 aromatic rings. The first-order chi connectivity index (χ1) is 33.7. The maximum absolute atomic E-state index is 9.70. The Labute approximate surface area is 427 Å². The van der Waals surface area contributed by atoms with Crippen LogP contribution < -0.4 is 13.6 Å². The van der Waals surface area contributed by atoms with Gasteiger partial charge in [0.25, 0.3) is 0 Å². The fourth-order valence-electron chi connectivity index (χ4n) is 13.2. The summed E-state index contributed by atoms with van der Waals surface area (Å²) in [5, 5.41) is 2.94. The van der Waals surface area contributed by atoms with Crippen LogP contribution in [0.15, 0.2) is 175 Å². The molecule has 0 nitrogen and oxygen atoms in total. The summed E-state index contributed by atoms with van der Waals surface area (Å²) in [7, 11) is 18.5. The first-order valence-electron chi connectivity index (χ1n) is 25.5. The molecule has 11 rings (SSSR count). The normalized spacial score (nSPS) is 16.7. The molecule has 8 aromatic carbocycles. The van der Waals surface area contributed by atoms with E-state index in [0.29, 0.717) is 11.8 Å². The summed E-state index contributed by atoms with van der Waals surface area (Å²) in [4.78, 5) is 0. The van der Waals surface area contributed by atoms with Crippen LogP contribution in [0.2, 0.25) is 0 Å². The molecule has 1 aliphatic heterocycles. The van der Waals surface area contributed by atoms with Crippen LogP contribution in [0.25, 0.3) is 67.8 Å². The molecule has 0 saturated heterocycles. The molecule has 0 radical (unpaired) electrons. The van der Waals surface area contributed by atoms with Crippen molar-refractivity contribution >= 4 is 52.3 Å². The molecular formula is C66H63Cl2SiZr. The Hall–Kier alpha value is -5.08. The molecule has 4 heteroatoms. The van der Waals surface area contributed by atoms with Crippen molar-refractivity contribution in [3.63, 3.8) is 0 Å². The zero-order valence-corrected chi connectivity index (χ0v) is 47.3. The van der Waals surface area contributed by atoms with Crippen LogP contribution in [-0.2, 0) is 16.4 Å². The van der Waals surface area contributed by atoms with E-state index in [2.05, 4.69) is 231 Å². The summed E-state index contributed by atoms with van der Waals surface area (Å²) >= 11 is -5.90. The van der Waals surface area contributed by atoms with Crippen LogP contribution in [-0.4, -0.2) is 9.52 Å². The van der Waals surface area contributed by atoms with Gasteiger partial charge in [0.1, 0.15) is 0 Å². The second-order valence-corrected chi connectivity index (χ2v) is 44.2. The van der Waals surface area contributed by atoms with E-state index in [1.807, 2.05) is 0 Å². The number of benzene rings is 8. The molecule has 70 heavy (non-hydrogen) atoms. The van der Waals surface area contributed by atoms with Crippen molar-refractivity contribution in [2.24, 2.45) is 11.8 Å². The minimum atomic E-state index is -5.90. The minimum absolute atomic E-state index is 0.175. The van der Waals surface area contributed by atoms with Gasteiger partial charge in [0.2, 0.25) is 0 Å². The van der Waals surface area contributed by atoms with Gasteiger partial charge in [-0.15, -0.1) is 0 Å². The van der Waals surface area contributed by atoms with Crippen molar-refractivity contribution in [3.05, 3.63) is 219 Å². The van der Waals surface area contributed by atoms with E-state index in [4.69, 9.17) is 0 Å². The van der Waals surface area contributed by atoms with Crippen LogP contribution in [0.1, 0.15) is 92.3 Å². The molecular weight excluding hydrogens is 983 g/mol. The monoisotopic (exact) mass is 1040 g/mol. The van der Waals surface area contributed by atoms with E-state index >= 15 is 0 Å². The summed E-state index contributed by atoms with van der Waals surface area (Å²) < 4.78 is 0.932. The molecule has 2 unspecified atom stereocenters. The van der Waals surface area contributed by atoms with Gasteiger partial charge in [0.15, 0.2) is 0 Å². The third kappa shape index (κ3) is 7.98. The predicted octanol–water partition coefficient (Wildman–Crippen LogP) is 16.7. The van der Waals surface area contributed by atoms with E-state index < -0.39 is 25.9 Å². The van der Waals surface area contributed by atoms with E-state index in [-0.39, 0.29) is 7.25 Å². The Morgan fingerprint density at radius 2 is 0.871 bits per heavy atom. The van der Waals surface area contributed by atoms with E-state index in [9.17, 15) is 17.0 Å². The number of hydrogen-bond donors (Lipinski definition) is 0. The number of halogens is 2. The van der Waals surface area contributed by atoms with Gasteiger partial charge in [-0.2, -0.15) is 0 Å². The first-order valence-corrected chi connectivity index (χ1v) is 37.3. The van der Waals surface area contributed by atoms with E-state index in [1.165, 1.54) is 125 Å². The predicted molar refractivity (Wildman–Crippen MR) is 305 cm³/mol. The Morgan fingerprint density at radius 3 is 1.33 bits per heavy atom. The van der Waals surface area contributed by atoms with Crippen LogP contribution in [0.3, 0.4) is 0 Å². The molecule has 0 N–H and O–H groups in total. The average Bonchev–Trinajstić information content (AvgIpc) is 4.02. The summed E-state index contributed by atoms with van der Waals surface area (Å²) in [5.74, 6) is 0.778. The van der Waals surface area contributed by atoms with Gasteiger partial charge >= 0.3 is 431 Å². The summed E-state index contributed by atoms with van der Waals surface area (Å²) in [6.07, 6.45) is 6.97. The third-order valence-electron chi connectivity index (χ3n) is 15.5. The molecule has 0 aromatic heterocycles. The van der Waals surface area contributed by atoms with Gasteiger partial charge in [0.05, 0.1) is 0 Å². The Morgan fingerprint density at radius 1 is 0.443 bits per heavy atom. The molecule has 3 aliphatic rings. The van der Waals surface area contributed by atoms with Crippen molar-refractivity contribution < 1.29 is 16.4 Å². The van der Waals surface area contributed by atoms with Gasteiger partial charge in [-0.05, 0) is 0 Å². The van der Waals surface area contributed by atoms with Crippen molar-refractivity contribution in [3.8, 4) is 55.6 Å². The fourth-order valence-corrected chi connectivity index (χ4v) is 41.1. The summed E-state index contributed by atoms with van der Waals surface area (Å²) in [5.41, 5.74) is 25.6. The quantitative estimate of drug-likeness (QED) is 0.113. The van der Waals surface area contributed by atoms with Gasteiger partial charge < -0.3 is 0 Å². The molecule has 0 spiro atoms. The Balaban J connectivity index is 1.27. The topological polar surface area (TPSA) is 0 Å². The zero-order valence-electron chi connectivity index (χ0n) is 41.9. The molecule has 0 amide bonds. The van der Waals surface area contributed by atoms with Gasteiger partial charge in [0, 0.05) is 0 Å². The number of fused-ring (bicyclic) bond motifs is 5. The van der Waals surface area contributed by atoms with Crippen molar-refractivity contribution in [1.29, 1.82) is 0 Å². The van der Waals surface area contributed by atoms with Crippen LogP contribution in [0.5, 0.6) is 0 Å². The SMILES string of the molecule is Cc1cc(C)cc(-c2c(-c3ccccc3)ccc3c2C=C(CC(C)C)[CH]3[Zr]([Cl])([Cl])([c]2cccc3c2[SiH2]c2ccccc2-3)[CH]2C(CC(C)C)=Cc3c2ccc(-c2ccccc2)c3-c2cc(C)cc(C)c2)c1. The van der Waals surface area contributed by atoms with Crippen molar-refractivity contribution in [2.75, 3.05) is 0 Å². The number of allylic oxidation sites excluding steroid dienone is 2. The summed E-state index contributed by atoms with van der Waals surface area (Å²) in [6, 6.07) is 62.0. The van der Waals surface area contributed by atoms with Crippen LogP contribution in [0, 0.1) is 39.5 Å². The van der Waals surface area contributed by atoms with E-state index in [1.54, 1.807) is 0 Å².